The van der Waals surface area contributed by atoms with Crippen molar-refractivity contribution in [2.75, 3.05) is 13.6 Å². The highest BCUT2D eigenvalue weighted by Gasteiger charge is 2.18. The van der Waals surface area contributed by atoms with Gasteiger partial charge in [-0.3, -0.25) is 0 Å². The van der Waals surface area contributed by atoms with Crippen molar-refractivity contribution in [1.29, 1.82) is 0 Å². The first-order valence-corrected chi connectivity index (χ1v) is 5.65. The van der Waals surface area contributed by atoms with Crippen molar-refractivity contribution in [2.45, 2.75) is 32.2 Å². The van der Waals surface area contributed by atoms with E-state index in [1.165, 1.54) is 32.2 Å². The maximum atomic E-state index is 2.48. The highest BCUT2D eigenvalue weighted by molar-refractivity contribution is 5.41. The number of likely N-dealkylation sites (N-methyl/N-ethyl adjacent to an activating group) is 1. The minimum atomic E-state index is 1.16. The number of nitrogens with zero attached hydrogens (tertiary/aromatic N) is 1. The molecule has 0 amide bonds. The zero-order valence-corrected chi connectivity index (χ0v) is 8.84. The second-order valence-electron chi connectivity index (χ2n) is 4.73. The lowest BCUT2D eigenvalue weighted by Crippen LogP contribution is -2.26. The van der Waals surface area contributed by atoms with Gasteiger partial charge < -0.3 is 4.90 Å². The molecule has 1 aliphatic carbocycles. The normalized spacial score (nSPS) is 20.6. The molecular formula is C13H17N. The van der Waals surface area contributed by atoms with E-state index < -0.39 is 0 Å². The molecule has 3 rings (SSSR count). The SMILES string of the molecule is CN1CCc2cc3c(cc2C1)CCC3. The van der Waals surface area contributed by atoms with Gasteiger partial charge in [-0.15, -0.1) is 0 Å². The summed E-state index contributed by atoms with van der Waals surface area (Å²) in [6.07, 6.45) is 5.25. The number of aryl methyl sites for hydroxylation is 2. The van der Waals surface area contributed by atoms with Gasteiger partial charge in [-0.25, -0.2) is 0 Å². The molecule has 1 aromatic rings. The van der Waals surface area contributed by atoms with Crippen molar-refractivity contribution in [3.05, 3.63) is 34.4 Å². The standard InChI is InChI=1S/C13H17N/c1-14-6-5-12-7-10-3-2-4-11(10)8-13(12)9-14/h7-8H,2-6,9H2,1H3. The van der Waals surface area contributed by atoms with Crippen molar-refractivity contribution in [1.82, 2.24) is 4.90 Å². The number of rotatable bonds is 0. The Morgan fingerprint density at radius 1 is 0.929 bits per heavy atom. The second-order valence-corrected chi connectivity index (χ2v) is 4.73. The van der Waals surface area contributed by atoms with E-state index in [9.17, 15) is 0 Å². The average molecular weight is 187 g/mol. The number of fused-ring (bicyclic) bond motifs is 2. The minimum Gasteiger partial charge on any atom is -0.302 e. The Hall–Kier alpha value is -0.820. The summed E-state index contributed by atoms with van der Waals surface area (Å²) in [7, 11) is 2.22. The first-order valence-electron chi connectivity index (χ1n) is 5.65. The molecule has 0 saturated heterocycles. The van der Waals surface area contributed by atoms with Crippen LogP contribution in [0, 0.1) is 0 Å². The Labute approximate surface area is 85.7 Å². The number of hydrogen-bond donors (Lipinski definition) is 0. The Morgan fingerprint density at radius 3 is 2.36 bits per heavy atom. The van der Waals surface area contributed by atoms with Crippen LogP contribution in [-0.4, -0.2) is 18.5 Å². The average Bonchev–Trinajstić information content (AvgIpc) is 2.61. The number of hydrogen-bond acceptors (Lipinski definition) is 1. The lowest BCUT2D eigenvalue weighted by Gasteiger charge is -2.25. The fourth-order valence-electron chi connectivity index (χ4n) is 2.79. The van der Waals surface area contributed by atoms with E-state index in [1.54, 1.807) is 22.3 Å². The summed E-state index contributed by atoms with van der Waals surface area (Å²) in [5, 5.41) is 0. The second kappa shape index (κ2) is 3.09. The molecule has 14 heavy (non-hydrogen) atoms. The Balaban J connectivity index is 2.06. The number of benzene rings is 1. The summed E-state index contributed by atoms with van der Waals surface area (Å²) in [4.78, 5) is 2.42. The minimum absolute atomic E-state index is 1.16. The fraction of sp³-hybridized carbons (Fsp3) is 0.538. The third-order valence-corrected chi connectivity index (χ3v) is 3.62. The van der Waals surface area contributed by atoms with Crippen LogP contribution in [-0.2, 0) is 25.8 Å². The topological polar surface area (TPSA) is 3.24 Å². The van der Waals surface area contributed by atoms with E-state index in [0.29, 0.717) is 0 Å². The Morgan fingerprint density at radius 2 is 1.57 bits per heavy atom. The molecule has 0 fully saturated rings. The van der Waals surface area contributed by atoms with Crippen molar-refractivity contribution < 1.29 is 0 Å². The molecule has 74 valence electrons. The molecule has 0 radical (unpaired) electrons. The summed E-state index contributed by atoms with van der Waals surface area (Å²) in [5.41, 5.74) is 6.45. The summed E-state index contributed by atoms with van der Waals surface area (Å²) >= 11 is 0. The van der Waals surface area contributed by atoms with Gasteiger partial charge in [0.25, 0.3) is 0 Å². The molecule has 1 aromatic carbocycles. The molecule has 0 aromatic heterocycles. The highest BCUT2D eigenvalue weighted by Crippen LogP contribution is 2.28. The van der Waals surface area contributed by atoms with Gasteiger partial charge in [0.05, 0.1) is 0 Å². The third-order valence-electron chi connectivity index (χ3n) is 3.62. The quantitative estimate of drug-likeness (QED) is 0.601. The van der Waals surface area contributed by atoms with Gasteiger partial charge >= 0.3 is 0 Å². The molecule has 0 saturated carbocycles. The molecule has 1 heteroatoms. The van der Waals surface area contributed by atoms with Crippen LogP contribution in [0.5, 0.6) is 0 Å². The molecule has 0 N–H and O–H groups in total. The molecular weight excluding hydrogens is 170 g/mol. The Kier molecular flexibility index (Phi) is 1.88. The maximum absolute atomic E-state index is 2.48. The summed E-state index contributed by atoms with van der Waals surface area (Å²) in [6, 6.07) is 4.94. The molecule has 0 unspecified atom stereocenters. The lowest BCUT2D eigenvalue weighted by atomic mass is 9.95. The van der Waals surface area contributed by atoms with E-state index >= 15 is 0 Å². The monoisotopic (exact) mass is 187 g/mol. The van der Waals surface area contributed by atoms with Crippen molar-refractivity contribution in [3.63, 3.8) is 0 Å². The highest BCUT2D eigenvalue weighted by atomic mass is 15.1. The van der Waals surface area contributed by atoms with Gasteiger partial charge in [0.15, 0.2) is 0 Å². The summed E-state index contributed by atoms with van der Waals surface area (Å²) < 4.78 is 0. The fourth-order valence-corrected chi connectivity index (χ4v) is 2.79. The van der Waals surface area contributed by atoms with Crippen molar-refractivity contribution in [2.24, 2.45) is 0 Å². The van der Waals surface area contributed by atoms with Gasteiger partial charge in [0.2, 0.25) is 0 Å². The van der Waals surface area contributed by atoms with Crippen LogP contribution in [0.2, 0.25) is 0 Å². The molecule has 0 atom stereocenters. The largest absolute Gasteiger partial charge is 0.302 e. The van der Waals surface area contributed by atoms with Gasteiger partial charge in [-0.1, -0.05) is 12.1 Å². The smallest absolute Gasteiger partial charge is 0.0233 e. The molecule has 1 aliphatic heterocycles. The van der Waals surface area contributed by atoms with E-state index in [1.807, 2.05) is 0 Å². The summed E-state index contributed by atoms with van der Waals surface area (Å²) in [6.45, 7) is 2.38. The molecule has 2 aliphatic rings. The van der Waals surface area contributed by atoms with E-state index in [2.05, 4.69) is 24.1 Å². The van der Waals surface area contributed by atoms with Gasteiger partial charge in [-0.05, 0) is 55.0 Å². The first kappa shape index (κ1) is 8.49. The van der Waals surface area contributed by atoms with Gasteiger partial charge in [0, 0.05) is 13.1 Å². The van der Waals surface area contributed by atoms with E-state index in [-0.39, 0.29) is 0 Å². The first-order chi connectivity index (χ1) is 6.83. The summed E-state index contributed by atoms with van der Waals surface area (Å²) in [5.74, 6) is 0. The maximum Gasteiger partial charge on any atom is 0.0233 e. The molecule has 1 heterocycles. The van der Waals surface area contributed by atoms with Crippen molar-refractivity contribution in [3.8, 4) is 0 Å². The molecule has 0 spiro atoms. The third kappa shape index (κ3) is 1.27. The van der Waals surface area contributed by atoms with Crippen LogP contribution in [0.25, 0.3) is 0 Å². The lowest BCUT2D eigenvalue weighted by molar-refractivity contribution is 0.313. The van der Waals surface area contributed by atoms with Crippen molar-refractivity contribution >= 4 is 0 Å². The predicted octanol–water partition coefficient (Wildman–Crippen LogP) is 2.16. The van der Waals surface area contributed by atoms with Crippen LogP contribution >= 0.6 is 0 Å². The van der Waals surface area contributed by atoms with Gasteiger partial charge in [-0.2, -0.15) is 0 Å². The van der Waals surface area contributed by atoms with E-state index in [0.717, 1.165) is 6.54 Å². The predicted molar refractivity (Wildman–Crippen MR) is 58.5 cm³/mol. The van der Waals surface area contributed by atoms with Crippen LogP contribution in [0.1, 0.15) is 28.7 Å². The van der Waals surface area contributed by atoms with Crippen LogP contribution in [0.3, 0.4) is 0 Å². The van der Waals surface area contributed by atoms with E-state index in [4.69, 9.17) is 0 Å². The van der Waals surface area contributed by atoms with Crippen LogP contribution in [0.15, 0.2) is 12.1 Å². The Bertz CT molecular complexity index is 368. The molecule has 1 nitrogen and oxygen atoms in total. The molecule has 0 bridgehead atoms. The van der Waals surface area contributed by atoms with Gasteiger partial charge in [0.1, 0.15) is 0 Å². The van der Waals surface area contributed by atoms with Crippen LogP contribution < -0.4 is 0 Å². The zero-order chi connectivity index (χ0) is 9.54. The van der Waals surface area contributed by atoms with Crippen LogP contribution in [0.4, 0.5) is 0 Å². The zero-order valence-electron chi connectivity index (χ0n) is 8.84.